The third-order valence-electron chi connectivity index (χ3n) is 3.53. The second-order valence-corrected chi connectivity index (χ2v) is 5.25. The van der Waals surface area contributed by atoms with E-state index in [1.807, 2.05) is 0 Å². The number of methoxy groups -OCH3 is 1. The quantitative estimate of drug-likeness (QED) is 0.806. The van der Waals surface area contributed by atoms with E-state index in [1.165, 1.54) is 36.0 Å². The molecule has 0 bridgehead atoms. The van der Waals surface area contributed by atoms with Crippen LogP contribution in [-0.4, -0.2) is 35.1 Å². The molecule has 0 saturated carbocycles. The van der Waals surface area contributed by atoms with Gasteiger partial charge in [-0.3, -0.25) is 13.9 Å². The van der Waals surface area contributed by atoms with Gasteiger partial charge in [0.25, 0.3) is 5.56 Å². The third kappa shape index (κ3) is 3.02. The van der Waals surface area contributed by atoms with Gasteiger partial charge in [0.1, 0.15) is 19.0 Å². The van der Waals surface area contributed by atoms with Gasteiger partial charge in [-0.25, -0.2) is 9.18 Å². The van der Waals surface area contributed by atoms with Gasteiger partial charge in [-0.05, 0) is 11.1 Å². The summed E-state index contributed by atoms with van der Waals surface area (Å²) in [6.07, 6.45) is 1.52. The van der Waals surface area contributed by atoms with Gasteiger partial charge >= 0.3 is 5.69 Å². The Bertz CT molecular complexity index is 643. The van der Waals surface area contributed by atoms with Gasteiger partial charge in [0.2, 0.25) is 0 Å². The van der Waals surface area contributed by atoms with E-state index in [0.29, 0.717) is 12.0 Å². The first-order chi connectivity index (χ1) is 10.0. The van der Waals surface area contributed by atoms with Crippen molar-refractivity contribution in [3.05, 3.63) is 37.6 Å². The summed E-state index contributed by atoms with van der Waals surface area (Å²) in [6.45, 7) is -0.691. The van der Waals surface area contributed by atoms with Crippen molar-refractivity contribution in [1.29, 1.82) is 0 Å². The average Bonchev–Trinajstić information content (AvgIpc) is 2.91. The van der Waals surface area contributed by atoms with Gasteiger partial charge in [0.05, 0.1) is 11.7 Å². The maximum Gasteiger partial charge on any atom is 0.332 e. The summed E-state index contributed by atoms with van der Waals surface area (Å²) in [7, 11) is 2.86. The summed E-state index contributed by atoms with van der Waals surface area (Å²) in [6, 6.07) is 0. The van der Waals surface area contributed by atoms with Crippen LogP contribution >= 0.6 is 15.9 Å². The summed E-state index contributed by atoms with van der Waals surface area (Å²) in [5.74, 6) is 0. The van der Waals surface area contributed by atoms with Crippen LogP contribution in [0.2, 0.25) is 0 Å². The van der Waals surface area contributed by atoms with Crippen molar-refractivity contribution in [3.63, 3.8) is 0 Å². The van der Waals surface area contributed by atoms with Gasteiger partial charge in [-0.15, -0.1) is 0 Å². The lowest BCUT2D eigenvalue weighted by molar-refractivity contribution is -0.0395. The molecule has 1 fully saturated rings. The van der Waals surface area contributed by atoms with E-state index in [1.54, 1.807) is 0 Å². The predicted molar refractivity (Wildman–Crippen MR) is 79.2 cm³/mol. The second-order valence-electron chi connectivity index (χ2n) is 4.72. The molecule has 116 valence electrons. The van der Waals surface area contributed by atoms with Crippen LogP contribution in [0.4, 0.5) is 4.39 Å². The van der Waals surface area contributed by atoms with Crippen molar-refractivity contribution >= 4 is 22.0 Å². The molecular formula is C13H16BrFN2O4. The normalized spacial score (nSPS) is 25.8. The molecule has 0 radical (unpaired) electrons. The maximum atomic E-state index is 12.9. The monoisotopic (exact) mass is 362 g/mol. The molecule has 0 aromatic carbocycles. The Labute approximate surface area is 128 Å². The van der Waals surface area contributed by atoms with Crippen molar-refractivity contribution in [2.24, 2.45) is 7.05 Å². The van der Waals surface area contributed by atoms with E-state index in [-0.39, 0.29) is 0 Å². The van der Waals surface area contributed by atoms with Crippen LogP contribution in [0.1, 0.15) is 18.2 Å². The molecule has 0 unspecified atom stereocenters. The van der Waals surface area contributed by atoms with Crippen LogP contribution < -0.4 is 11.2 Å². The number of nitrogens with zero attached hydrogens (tertiary/aromatic N) is 2. The van der Waals surface area contributed by atoms with Crippen LogP contribution in [0.25, 0.3) is 6.08 Å². The molecule has 2 rings (SSSR count). The zero-order valence-corrected chi connectivity index (χ0v) is 13.2. The zero-order chi connectivity index (χ0) is 15.6. The summed E-state index contributed by atoms with van der Waals surface area (Å²) in [4.78, 5) is 25.7. The Kier molecular flexibility index (Phi) is 5.13. The summed E-state index contributed by atoms with van der Waals surface area (Å²) < 4.78 is 25.9. The number of alkyl halides is 1. The minimum atomic E-state index is -0.709. The molecule has 2 heterocycles. The molecule has 8 heteroatoms. The van der Waals surface area contributed by atoms with Gasteiger partial charge in [-0.1, -0.05) is 15.9 Å². The number of ether oxygens (including phenoxy) is 2. The Morgan fingerprint density at radius 1 is 1.57 bits per heavy atom. The van der Waals surface area contributed by atoms with Gasteiger partial charge in [-0.2, -0.15) is 0 Å². The molecule has 0 aliphatic carbocycles. The van der Waals surface area contributed by atoms with Crippen LogP contribution in [-0.2, 0) is 16.5 Å². The fourth-order valence-electron chi connectivity index (χ4n) is 2.36. The lowest BCUT2D eigenvalue weighted by Gasteiger charge is -2.16. The van der Waals surface area contributed by atoms with E-state index in [0.717, 1.165) is 4.57 Å². The average molecular weight is 363 g/mol. The van der Waals surface area contributed by atoms with Crippen molar-refractivity contribution in [2.45, 2.75) is 24.9 Å². The van der Waals surface area contributed by atoms with Crippen LogP contribution in [0.3, 0.4) is 0 Å². The lowest BCUT2D eigenvalue weighted by Crippen LogP contribution is -2.40. The van der Waals surface area contributed by atoms with E-state index in [4.69, 9.17) is 9.47 Å². The molecule has 1 aliphatic rings. The predicted octanol–water partition coefficient (Wildman–Crippen LogP) is 1.18. The summed E-state index contributed by atoms with van der Waals surface area (Å²) in [5.41, 5.74) is -0.586. The fourth-order valence-corrected chi connectivity index (χ4v) is 2.65. The Hall–Kier alpha value is -1.25. The molecule has 1 aliphatic heterocycles. The molecule has 0 spiro atoms. The van der Waals surface area contributed by atoms with E-state index < -0.39 is 36.4 Å². The first-order valence-corrected chi connectivity index (χ1v) is 7.28. The highest BCUT2D eigenvalue weighted by Gasteiger charge is 2.37. The van der Waals surface area contributed by atoms with Crippen LogP contribution in [0.5, 0.6) is 0 Å². The number of rotatable bonds is 4. The number of hydrogen-bond donors (Lipinski definition) is 0. The Morgan fingerprint density at radius 2 is 2.29 bits per heavy atom. The first-order valence-electron chi connectivity index (χ1n) is 6.36. The van der Waals surface area contributed by atoms with Gasteiger partial charge in [0, 0.05) is 26.8 Å². The Morgan fingerprint density at radius 3 is 2.81 bits per heavy atom. The molecule has 21 heavy (non-hydrogen) atoms. The van der Waals surface area contributed by atoms with Crippen molar-refractivity contribution < 1.29 is 13.9 Å². The van der Waals surface area contributed by atoms with Crippen molar-refractivity contribution in [3.8, 4) is 0 Å². The lowest BCUT2D eigenvalue weighted by atomic mass is 10.2. The fraction of sp³-hybridized carbons (Fsp3) is 0.538. The molecule has 1 aromatic heterocycles. The molecule has 1 saturated heterocycles. The second kappa shape index (κ2) is 6.67. The van der Waals surface area contributed by atoms with Crippen molar-refractivity contribution in [1.82, 2.24) is 9.13 Å². The molecular weight excluding hydrogens is 347 g/mol. The summed E-state index contributed by atoms with van der Waals surface area (Å²) >= 11 is 3.10. The van der Waals surface area contributed by atoms with Gasteiger partial charge < -0.3 is 9.47 Å². The standard InChI is InChI=1S/C13H16BrFN2O4/c1-16-12(18)8(3-4-14)7-17(13(16)19)11-5-9(20-2)10(6-15)21-11/h3-4,7,9-11H,5-6H2,1-2H3/t9-,10+,11+/m0/s1. The van der Waals surface area contributed by atoms with E-state index >= 15 is 0 Å². The zero-order valence-electron chi connectivity index (χ0n) is 11.7. The highest BCUT2D eigenvalue weighted by Crippen LogP contribution is 2.29. The highest BCUT2D eigenvalue weighted by atomic mass is 79.9. The molecule has 1 aromatic rings. The molecule has 0 amide bonds. The van der Waals surface area contributed by atoms with Crippen LogP contribution in [0.15, 0.2) is 20.8 Å². The SMILES string of the molecule is CO[C@H]1C[C@H](n2cc(C=CBr)c(=O)n(C)c2=O)O[C@@H]1CF. The smallest absolute Gasteiger partial charge is 0.332 e. The number of hydrogen-bond acceptors (Lipinski definition) is 4. The Balaban J connectivity index is 2.46. The molecule has 0 N–H and O–H groups in total. The minimum Gasteiger partial charge on any atom is -0.378 e. The largest absolute Gasteiger partial charge is 0.378 e. The topological polar surface area (TPSA) is 62.5 Å². The number of halogens is 2. The van der Waals surface area contributed by atoms with E-state index in [2.05, 4.69) is 15.9 Å². The molecule has 6 nitrogen and oxygen atoms in total. The summed E-state index contributed by atoms with van der Waals surface area (Å²) in [5, 5.41) is 0. The third-order valence-corrected chi connectivity index (χ3v) is 3.79. The highest BCUT2D eigenvalue weighted by molar-refractivity contribution is 9.11. The maximum absolute atomic E-state index is 12.9. The number of aromatic nitrogens is 2. The first kappa shape index (κ1) is 16.1. The molecule has 3 atom stereocenters. The van der Waals surface area contributed by atoms with Crippen LogP contribution in [0, 0.1) is 0 Å². The van der Waals surface area contributed by atoms with E-state index in [9.17, 15) is 14.0 Å². The van der Waals surface area contributed by atoms with Gasteiger partial charge in [0.15, 0.2) is 0 Å². The van der Waals surface area contributed by atoms with Crippen molar-refractivity contribution in [2.75, 3.05) is 13.8 Å². The minimum absolute atomic E-state index is 0.329.